The molecule has 0 atom stereocenters. The van der Waals surface area contributed by atoms with Gasteiger partial charge in [0, 0.05) is 40.6 Å². The normalized spacial score (nSPS) is 13.4. The first-order valence-electron chi connectivity index (χ1n) is 9.58. The molecule has 0 spiro atoms. The first-order valence-corrected chi connectivity index (χ1v) is 10.6. The Morgan fingerprint density at radius 1 is 1.07 bits per heavy atom. The van der Waals surface area contributed by atoms with Gasteiger partial charge in [-0.2, -0.15) is 0 Å². The lowest BCUT2D eigenvalue weighted by Crippen LogP contribution is -2.14. The van der Waals surface area contributed by atoms with E-state index in [1.165, 1.54) is 0 Å². The van der Waals surface area contributed by atoms with Crippen LogP contribution in [0.2, 0.25) is 0 Å². The van der Waals surface area contributed by atoms with E-state index in [1.54, 1.807) is 23.9 Å². The highest BCUT2D eigenvalue weighted by atomic mass is 32.2. The fourth-order valence-electron chi connectivity index (χ4n) is 3.38. The molecule has 30 heavy (non-hydrogen) atoms. The monoisotopic (exact) mass is 414 g/mol. The highest BCUT2D eigenvalue weighted by molar-refractivity contribution is 7.99. The van der Waals surface area contributed by atoms with Crippen molar-refractivity contribution in [3.63, 3.8) is 0 Å². The van der Waals surface area contributed by atoms with Crippen molar-refractivity contribution in [3.8, 4) is 11.3 Å². The molecule has 0 saturated carbocycles. The molecule has 6 nitrogen and oxygen atoms in total. The van der Waals surface area contributed by atoms with Crippen molar-refractivity contribution in [2.45, 2.75) is 11.3 Å². The molecular weight excluding hydrogens is 396 g/mol. The number of rotatable bonds is 3. The van der Waals surface area contributed by atoms with Crippen molar-refractivity contribution in [3.05, 3.63) is 78.6 Å². The Morgan fingerprint density at radius 3 is 2.80 bits per heavy atom. The zero-order valence-electron chi connectivity index (χ0n) is 16.0. The van der Waals surface area contributed by atoms with Crippen molar-refractivity contribution in [2.75, 3.05) is 16.4 Å². The smallest absolute Gasteiger partial charge is 0.255 e. The van der Waals surface area contributed by atoms with E-state index in [1.807, 2.05) is 65.3 Å². The van der Waals surface area contributed by atoms with E-state index < -0.39 is 0 Å². The lowest BCUT2D eigenvalue weighted by molar-refractivity contribution is -0.115. The largest absolute Gasteiger partial charge is 0.325 e. The number of carbonyl (C=O) groups is 2. The molecule has 0 saturated heterocycles. The standard InChI is InChI=1S/C23H18N4O2S/c28-22-10-11-30-20-8-6-16(12-18(20)26-22)23(29)24-17-7-9-21-25-19(14-27(21)13-17)15-4-2-1-3-5-15/h1-9,12-14H,10-11H2,(H,24,29)(H,26,28). The van der Waals surface area contributed by atoms with Crippen LogP contribution in [0, 0.1) is 0 Å². The van der Waals surface area contributed by atoms with Gasteiger partial charge in [0.2, 0.25) is 5.91 Å². The van der Waals surface area contributed by atoms with Gasteiger partial charge < -0.3 is 15.0 Å². The molecule has 1 aliphatic rings. The summed E-state index contributed by atoms with van der Waals surface area (Å²) in [4.78, 5) is 30.2. The zero-order valence-corrected chi connectivity index (χ0v) is 16.8. The number of carbonyl (C=O) groups excluding carboxylic acids is 2. The number of nitrogens with zero attached hydrogens (tertiary/aromatic N) is 2. The SMILES string of the molecule is O=C1CCSc2ccc(C(=O)Nc3ccc4nc(-c5ccccc5)cn4c3)cc2N1. The fourth-order valence-corrected chi connectivity index (χ4v) is 4.32. The van der Waals surface area contributed by atoms with E-state index >= 15 is 0 Å². The summed E-state index contributed by atoms with van der Waals surface area (Å²) >= 11 is 1.61. The molecule has 7 heteroatoms. The number of hydrogen-bond donors (Lipinski definition) is 2. The Labute approximate surface area is 177 Å². The zero-order chi connectivity index (χ0) is 20.5. The molecule has 0 unspecified atom stereocenters. The Balaban J connectivity index is 1.39. The first kappa shape index (κ1) is 18.4. The second-order valence-corrected chi connectivity index (χ2v) is 8.12. The van der Waals surface area contributed by atoms with E-state index in [2.05, 4.69) is 15.6 Å². The Kier molecular flexibility index (Phi) is 4.72. The average Bonchev–Trinajstić information content (AvgIpc) is 3.09. The predicted octanol–water partition coefficient (Wildman–Crippen LogP) is 4.69. The Morgan fingerprint density at radius 2 is 1.93 bits per heavy atom. The third-order valence-electron chi connectivity index (χ3n) is 4.88. The topological polar surface area (TPSA) is 75.5 Å². The minimum atomic E-state index is -0.232. The van der Waals surface area contributed by atoms with Crippen LogP contribution in [-0.2, 0) is 4.79 Å². The molecule has 1 aliphatic heterocycles. The molecule has 5 rings (SSSR count). The molecule has 2 aromatic heterocycles. The van der Waals surface area contributed by atoms with E-state index in [4.69, 9.17) is 0 Å². The number of thioether (sulfide) groups is 1. The van der Waals surface area contributed by atoms with Gasteiger partial charge in [0.15, 0.2) is 0 Å². The van der Waals surface area contributed by atoms with Gasteiger partial charge in [-0.25, -0.2) is 4.98 Å². The van der Waals surface area contributed by atoms with Gasteiger partial charge in [0.05, 0.1) is 17.1 Å². The van der Waals surface area contributed by atoms with E-state index in [9.17, 15) is 9.59 Å². The summed E-state index contributed by atoms with van der Waals surface area (Å²) in [5.41, 5.74) is 4.56. The molecule has 0 bridgehead atoms. The third-order valence-corrected chi connectivity index (χ3v) is 5.96. The number of pyridine rings is 1. The number of nitrogens with one attached hydrogen (secondary N) is 2. The minimum Gasteiger partial charge on any atom is -0.325 e. The van der Waals surface area contributed by atoms with E-state index in [0.29, 0.717) is 23.4 Å². The van der Waals surface area contributed by atoms with E-state index in [-0.39, 0.29) is 11.8 Å². The third kappa shape index (κ3) is 3.67. The number of hydrogen-bond acceptors (Lipinski definition) is 4. The molecule has 0 radical (unpaired) electrons. The predicted molar refractivity (Wildman–Crippen MR) is 119 cm³/mol. The highest BCUT2D eigenvalue weighted by Crippen LogP contribution is 2.31. The second kappa shape index (κ2) is 7.68. The van der Waals surface area contributed by atoms with Gasteiger partial charge in [-0.15, -0.1) is 11.8 Å². The quantitative estimate of drug-likeness (QED) is 0.510. The number of fused-ring (bicyclic) bond motifs is 2. The lowest BCUT2D eigenvalue weighted by Gasteiger charge is -2.10. The number of benzene rings is 2. The van der Waals surface area contributed by atoms with Crippen LogP contribution in [0.1, 0.15) is 16.8 Å². The Bertz CT molecular complexity index is 1270. The summed E-state index contributed by atoms with van der Waals surface area (Å²) in [6, 6.07) is 19.0. The molecule has 2 aromatic carbocycles. The van der Waals surface area contributed by atoms with Crippen LogP contribution in [0.4, 0.5) is 11.4 Å². The molecule has 4 aromatic rings. The van der Waals surface area contributed by atoms with Gasteiger partial charge in [-0.3, -0.25) is 9.59 Å². The summed E-state index contributed by atoms with van der Waals surface area (Å²) in [6.07, 6.45) is 4.25. The van der Waals surface area contributed by atoms with Crippen molar-refractivity contribution in [2.24, 2.45) is 0 Å². The molecule has 2 N–H and O–H groups in total. The number of aromatic nitrogens is 2. The van der Waals surface area contributed by atoms with Gasteiger partial charge in [0.1, 0.15) is 5.65 Å². The van der Waals surface area contributed by atoms with Crippen molar-refractivity contribution < 1.29 is 9.59 Å². The average molecular weight is 414 g/mol. The summed E-state index contributed by atoms with van der Waals surface area (Å²) in [6.45, 7) is 0. The number of anilines is 2. The summed E-state index contributed by atoms with van der Waals surface area (Å²) in [7, 11) is 0. The number of amides is 2. The fraction of sp³-hybridized carbons (Fsp3) is 0.0870. The summed E-state index contributed by atoms with van der Waals surface area (Å²) < 4.78 is 1.89. The maximum atomic E-state index is 12.8. The lowest BCUT2D eigenvalue weighted by atomic mass is 10.1. The minimum absolute atomic E-state index is 0.0291. The second-order valence-electron chi connectivity index (χ2n) is 6.99. The molecule has 2 amide bonds. The maximum absolute atomic E-state index is 12.8. The Hall–Kier alpha value is -3.58. The van der Waals surface area contributed by atoms with Crippen LogP contribution in [0.3, 0.4) is 0 Å². The number of imidazole rings is 1. The van der Waals surface area contributed by atoms with Gasteiger partial charge in [0.25, 0.3) is 5.91 Å². The summed E-state index contributed by atoms with van der Waals surface area (Å²) in [5.74, 6) is 0.475. The van der Waals surface area contributed by atoms with Crippen molar-refractivity contribution >= 4 is 40.6 Å². The van der Waals surface area contributed by atoms with Crippen LogP contribution in [0.15, 0.2) is 78.0 Å². The summed E-state index contributed by atoms with van der Waals surface area (Å²) in [5, 5.41) is 5.80. The van der Waals surface area contributed by atoms with Gasteiger partial charge in [-0.05, 0) is 30.3 Å². The van der Waals surface area contributed by atoms with Crippen LogP contribution in [0.25, 0.3) is 16.9 Å². The molecule has 3 heterocycles. The molecule has 148 valence electrons. The van der Waals surface area contributed by atoms with Crippen LogP contribution in [-0.4, -0.2) is 27.0 Å². The molecule has 0 aliphatic carbocycles. The van der Waals surface area contributed by atoms with Gasteiger partial charge >= 0.3 is 0 Å². The van der Waals surface area contributed by atoms with Crippen molar-refractivity contribution in [1.29, 1.82) is 0 Å². The maximum Gasteiger partial charge on any atom is 0.255 e. The van der Waals surface area contributed by atoms with Crippen LogP contribution in [0.5, 0.6) is 0 Å². The van der Waals surface area contributed by atoms with Gasteiger partial charge in [-0.1, -0.05) is 30.3 Å². The highest BCUT2D eigenvalue weighted by Gasteiger charge is 2.16. The van der Waals surface area contributed by atoms with Crippen LogP contribution >= 0.6 is 11.8 Å². The van der Waals surface area contributed by atoms with Crippen molar-refractivity contribution in [1.82, 2.24) is 9.38 Å². The van der Waals surface area contributed by atoms with Crippen LogP contribution < -0.4 is 10.6 Å². The molecular formula is C23H18N4O2S. The van der Waals surface area contributed by atoms with E-state index in [0.717, 1.165) is 27.6 Å². The first-order chi connectivity index (χ1) is 14.7. The molecule has 0 fully saturated rings.